The first-order valence-corrected chi connectivity index (χ1v) is 4.98. The summed E-state index contributed by atoms with van der Waals surface area (Å²) in [7, 11) is 0. The lowest BCUT2D eigenvalue weighted by molar-refractivity contribution is -0.130. The van der Waals surface area contributed by atoms with Crippen molar-refractivity contribution >= 4 is 5.78 Å². The van der Waals surface area contributed by atoms with Crippen LogP contribution < -0.4 is 22.5 Å². The highest BCUT2D eigenvalue weighted by molar-refractivity contribution is 5.90. The predicted molar refractivity (Wildman–Crippen MR) is 57.6 cm³/mol. The molecule has 0 aromatic carbocycles. The van der Waals surface area contributed by atoms with Crippen LogP contribution in [0, 0.1) is 0 Å². The van der Waals surface area contributed by atoms with E-state index in [1.807, 2.05) is 0 Å². The van der Waals surface area contributed by atoms with Gasteiger partial charge in [0.2, 0.25) is 0 Å². The van der Waals surface area contributed by atoms with Crippen LogP contribution in [0.15, 0.2) is 0 Å². The van der Waals surface area contributed by atoms with Crippen LogP contribution in [0.4, 0.5) is 4.39 Å². The summed E-state index contributed by atoms with van der Waals surface area (Å²) in [5.41, 5.74) is 14.2. The molecule has 15 heavy (non-hydrogen) atoms. The molecule has 0 aliphatic heterocycles. The zero-order valence-corrected chi connectivity index (χ0v) is 9.29. The van der Waals surface area contributed by atoms with Crippen molar-refractivity contribution in [3.05, 3.63) is 0 Å². The second-order valence-electron chi connectivity index (χ2n) is 4.07. The lowest BCUT2D eigenvalue weighted by atomic mass is 9.96. The van der Waals surface area contributed by atoms with E-state index in [2.05, 4.69) is 5.32 Å². The molecule has 0 unspecified atom stereocenters. The molecule has 0 aromatic heterocycles. The number of rotatable bonds is 7. The van der Waals surface area contributed by atoms with E-state index in [1.165, 1.54) is 13.8 Å². The Labute approximate surface area is 89.6 Å². The van der Waals surface area contributed by atoms with Crippen LogP contribution in [0.5, 0.6) is 0 Å². The molecule has 0 saturated carbocycles. The van der Waals surface area contributed by atoms with E-state index in [1.54, 1.807) is 0 Å². The molecule has 0 rings (SSSR count). The minimum Gasteiger partial charge on any atom is -0.321 e. The van der Waals surface area contributed by atoms with Crippen molar-refractivity contribution in [2.24, 2.45) is 17.2 Å². The lowest BCUT2D eigenvalue weighted by Crippen LogP contribution is -2.46. The highest BCUT2D eigenvalue weighted by atomic mass is 19.1. The van der Waals surface area contributed by atoms with Crippen molar-refractivity contribution in [2.45, 2.75) is 44.7 Å². The minimum atomic E-state index is -1.86. The van der Waals surface area contributed by atoms with Gasteiger partial charge in [-0.3, -0.25) is 10.1 Å². The molecular weight excluding hydrogens is 199 g/mol. The Bertz CT molecular complexity index is 203. The van der Waals surface area contributed by atoms with Gasteiger partial charge in [0.15, 0.2) is 11.5 Å². The van der Waals surface area contributed by atoms with Gasteiger partial charge in [-0.2, -0.15) is 0 Å². The van der Waals surface area contributed by atoms with Gasteiger partial charge in [0, 0.05) is 0 Å². The smallest absolute Gasteiger partial charge is 0.185 e. The number of carbonyl (C=O) groups is 1. The maximum absolute atomic E-state index is 13.2. The average molecular weight is 220 g/mol. The highest BCUT2D eigenvalue weighted by Gasteiger charge is 2.30. The van der Waals surface area contributed by atoms with Gasteiger partial charge in [0.25, 0.3) is 0 Å². The molecule has 0 aliphatic carbocycles. The molecule has 6 heteroatoms. The quantitative estimate of drug-likeness (QED) is 0.332. The average Bonchev–Trinajstić information content (AvgIpc) is 2.09. The van der Waals surface area contributed by atoms with E-state index in [9.17, 15) is 9.18 Å². The van der Waals surface area contributed by atoms with Crippen LogP contribution in [-0.4, -0.2) is 30.3 Å². The first-order valence-electron chi connectivity index (χ1n) is 4.98. The molecule has 0 aromatic rings. The van der Waals surface area contributed by atoms with Crippen LogP contribution >= 0.6 is 0 Å². The number of nitrogens with one attached hydrogen (secondary N) is 1. The van der Waals surface area contributed by atoms with Crippen molar-refractivity contribution in [1.82, 2.24) is 5.32 Å². The third-order valence-corrected chi connectivity index (χ3v) is 1.99. The summed E-state index contributed by atoms with van der Waals surface area (Å²) in [5, 5.41) is 2.77. The van der Waals surface area contributed by atoms with Crippen molar-refractivity contribution in [3.8, 4) is 0 Å². The number of Topliss-reactive ketones (excluding diaryl/α,β-unsaturated/α-hetero) is 1. The minimum absolute atomic E-state index is 0.423. The maximum atomic E-state index is 13.2. The first kappa shape index (κ1) is 14.4. The number of carbonyl (C=O) groups excluding carboxylic acids is 1. The van der Waals surface area contributed by atoms with E-state index in [4.69, 9.17) is 17.2 Å². The van der Waals surface area contributed by atoms with Gasteiger partial charge in [-0.15, -0.1) is 0 Å². The van der Waals surface area contributed by atoms with Crippen LogP contribution in [0.2, 0.25) is 0 Å². The summed E-state index contributed by atoms with van der Waals surface area (Å²) in [6.07, 6.45) is 0.481. The Kier molecular flexibility index (Phi) is 5.89. The van der Waals surface area contributed by atoms with Gasteiger partial charge >= 0.3 is 0 Å². The fourth-order valence-corrected chi connectivity index (χ4v) is 1.16. The largest absolute Gasteiger partial charge is 0.321 e. The van der Waals surface area contributed by atoms with Gasteiger partial charge in [-0.1, -0.05) is 0 Å². The Morgan fingerprint density at radius 1 is 1.40 bits per heavy atom. The van der Waals surface area contributed by atoms with Crippen molar-refractivity contribution in [3.63, 3.8) is 0 Å². The predicted octanol–water partition coefficient (Wildman–Crippen LogP) is -0.798. The Hall–Kier alpha value is -0.560. The molecule has 7 N–H and O–H groups in total. The van der Waals surface area contributed by atoms with Crippen LogP contribution in [0.25, 0.3) is 0 Å². The molecule has 0 bridgehead atoms. The van der Waals surface area contributed by atoms with Crippen molar-refractivity contribution in [2.75, 3.05) is 6.54 Å². The summed E-state index contributed by atoms with van der Waals surface area (Å²) in [5.74, 6) is -0.570. The molecule has 0 amide bonds. The molecule has 0 spiro atoms. The number of ketones is 1. The summed E-state index contributed by atoms with van der Waals surface area (Å²) >= 11 is 0. The van der Waals surface area contributed by atoms with E-state index < -0.39 is 23.8 Å². The normalized spacial score (nSPS) is 14.3. The molecule has 5 nitrogen and oxygen atoms in total. The fraction of sp³-hybridized carbons (Fsp3) is 0.889. The number of hydrogen-bond donors (Lipinski definition) is 4. The summed E-state index contributed by atoms with van der Waals surface area (Å²) in [6.45, 7) is 2.98. The van der Waals surface area contributed by atoms with Crippen LogP contribution in [0.1, 0.15) is 26.7 Å². The molecule has 0 aliphatic rings. The SMILES string of the molecule is CC(C)(F)C(=O)[C@@H](N)CCCNC(N)N. The van der Waals surface area contributed by atoms with Gasteiger partial charge in [0.05, 0.1) is 6.04 Å². The van der Waals surface area contributed by atoms with Gasteiger partial charge in [-0.25, -0.2) is 4.39 Å². The molecule has 0 radical (unpaired) electrons. The topological polar surface area (TPSA) is 107 Å². The van der Waals surface area contributed by atoms with Gasteiger partial charge < -0.3 is 17.2 Å². The highest BCUT2D eigenvalue weighted by Crippen LogP contribution is 2.13. The summed E-state index contributed by atoms with van der Waals surface area (Å²) in [6, 6.07) is -0.763. The number of halogens is 1. The van der Waals surface area contributed by atoms with E-state index in [-0.39, 0.29) is 0 Å². The Morgan fingerprint density at radius 2 is 1.93 bits per heavy atom. The third-order valence-electron chi connectivity index (χ3n) is 1.99. The molecule has 0 fully saturated rings. The third kappa shape index (κ3) is 6.51. The second-order valence-corrected chi connectivity index (χ2v) is 4.07. The number of nitrogens with two attached hydrogens (primary N) is 3. The lowest BCUT2D eigenvalue weighted by Gasteiger charge is -2.18. The molecule has 0 heterocycles. The number of hydrogen-bond acceptors (Lipinski definition) is 5. The zero-order chi connectivity index (χ0) is 12.1. The van der Waals surface area contributed by atoms with Crippen LogP contribution in [0.3, 0.4) is 0 Å². The maximum Gasteiger partial charge on any atom is 0.185 e. The van der Waals surface area contributed by atoms with E-state index in [0.29, 0.717) is 19.4 Å². The Morgan fingerprint density at radius 3 is 2.33 bits per heavy atom. The standard InChI is InChI=1S/C9H21FN4O/c1-9(2,10)7(15)6(11)4-3-5-14-8(12)13/h6,8,14H,3-5,11-13H2,1-2H3/t6-/m0/s1. The van der Waals surface area contributed by atoms with Gasteiger partial charge in [-0.05, 0) is 33.2 Å². The fourth-order valence-electron chi connectivity index (χ4n) is 1.16. The van der Waals surface area contributed by atoms with E-state index >= 15 is 0 Å². The monoisotopic (exact) mass is 220 g/mol. The van der Waals surface area contributed by atoms with Crippen molar-refractivity contribution in [1.29, 1.82) is 0 Å². The van der Waals surface area contributed by atoms with Crippen LogP contribution in [-0.2, 0) is 4.79 Å². The first-order chi connectivity index (χ1) is 6.75. The zero-order valence-electron chi connectivity index (χ0n) is 9.29. The molecule has 0 saturated heterocycles. The summed E-state index contributed by atoms with van der Waals surface area (Å²) < 4.78 is 13.2. The van der Waals surface area contributed by atoms with Crippen molar-refractivity contribution < 1.29 is 9.18 Å². The summed E-state index contributed by atoms with van der Waals surface area (Å²) in [4.78, 5) is 11.3. The molecular formula is C9H21FN4O. The molecule has 1 atom stereocenters. The Balaban J connectivity index is 3.75. The number of alkyl halides is 1. The van der Waals surface area contributed by atoms with E-state index in [0.717, 1.165) is 0 Å². The molecule has 90 valence electrons. The van der Waals surface area contributed by atoms with Gasteiger partial charge in [0.1, 0.15) is 6.29 Å². The second kappa shape index (κ2) is 6.12.